The zero-order chi connectivity index (χ0) is 23.3. The number of benzene rings is 2. The van der Waals surface area contributed by atoms with E-state index in [1.54, 1.807) is 19.2 Å². The lowest BCUT2D eigenvalue weighted by Crippen LogP contribution is -2.27. The second-order valence-electron chi connectivity index (χ2n) is 7.99. The summed E-state index contributed by atoms with van der Waals surface area (Å²) < 4.78 is 43.4. The minimum absolute atomic E-state index is 0.0597. The number of rotatable bonds is 3. The van der Waals surface area contributed by atoms with E-state index in [0.29, 0.717) is 16.5 Å². The van der Waals surface area contributed by atoms with Gasteiger partial charge in [0.1, 0.15) is 5.02 Å². The standard InChI is InChI=1S/C24H18ClF3N4O/c1-31(13-14-7-3-2-4-8-14)23(33)20-18(25)22-29-19-16-10-6-5-9-15(16)11-12-17(19)21(24(26,27)28)32(22)30-20/h2-10H,11-13H2,1H3. The minimum Gasteiger partial charge on any atom is -0.336 e. The van der Waals surface area contributed by atoms with Gasteiger partial charge in [0.15, 0.2) is 17.0 Å². The summed E-state index contributed by atoms with van der Waals surface area (Å²) in [4.78, 5) is 18.9. The van der Waals surface area contributed by atoms with E-state index in [9.17, 15) is 18.0 Å². The van der Waals surface area contributed by atoms with Gasteiger partial charge in [-0.05, 0) is 24.0 Å². The van der Waals surface area contributed by atoms with Crippen molar-refractivity contribution in [1.29, 1.82) is 0 Å². The van der Waals surface area contributed by atoms with Crippen LogP contribution in [0, 0.1) is 0 Å². The lowest BCUT2D eigenvalue weighted by Gasteiger charge is -2.23. The lowest BCUT2D eigenvalue weighted by atomic mass is 9.88. The van der Waals surface area contributed by atoms with Crippen molar-refractivity contribution in [3.8, 4) is 11.3 Å². The first-order valence-corrected chi connectivity index (χ1v) is 10.7. The molecule has 0 spiro atoms. The monoisotopic (exact) mass is 470 g/mol. The number of hydrogen-bond donors (Lipinski definition) is 0. The van der Waals surface area contributed by atoms with Gasteiger partial charge in [0.05, 0.1) is 5.69 Å². The highest BCUT2D eigenvalue weighted by Gasteiger charge is 2.41. The molecule has 0 aliphatic heterocycles. The molecule has 2 aromatic carbocycles. The van der Waals surface area contributed by atoms with Crippen molar-refractivity contribution >= 4 is 23.2 Å². The van der Waals surface area contributed by atoms with Crippen LogP contribution in [-0.2, 0) is 25.6 Å². The first-order valence-electron chi connectivity index (χ1n) is 10.3. The number of carbonyl (C=O) groups is 1. The van der Waals surface area contributed by atoms with Crippen LogP contribution in [0.25, 0.3) is 16.9 Å². The number of aromatic nitrogens is 3. The molecule has 5 nitrogen and oxygen atoms in total. The molecule has 0 saturated heterocycles. The van der Waals surface area contributed by atoms with Crippen LogP contribution in [0.2, 0.25) is 5.02 Å². The normalized spacial score (nSPS) is 13.0. The largest absolute Gasteiger partial charge is 0.433 e. The average molecular weight is 471 g/mol. The van der Waals surface area contributed by atoms with Gasteiger partial charge in [0.25, 0.3) is 5.91 Å². The Bertz CT molecular complexity index is 1380. The number of nitrogens with zero attached hydrogens (tertiary/aromatic N) is 4. The third-order valence-corrected chi connectivity index (χ3v) is 6.15. The van der Waals surface area contributed by atoms with Crippen molar-refractivity contribution in [2.45, 2.75) is 25.6 Å². The summed E-state index contributed by atoms with van der Waals surface area (Å²) in [5.41, 5.74) is 1.33. The molecule has 0 atom stereocenters. The van der Waals surface area contributed by atoms with Crippen LogP contribution >= 0.6 is 11.6 Å². The molecule has 4 aromatic rings. The topological polar surface area (TPSA) is 50.5 Å². The summed E-state index contributed by atoms with van der Waals surface area (Å²) >= 11 is 6.43. The van der Waals surface area contributed by atoms with E-state index in [2.05, 4.69) is 10.1 Å². The first-order chi connectivity index (χ1) is 15.8. The van der Waals surface area contributed by atoms with Crippen LogP contribution in [0.5, 0.6) is 0 Å². The van der Waals surface area contributed by atoms with Gasteiger partial charge < -0.3 is 4.90 Å². The molecule has 0 fully saturated rings. The number of hydrogen-bond acceptors (Lipinski definition) is 3. The summed E-state index contributed by atoms with van der Waals surface area (Å²) in [7, 11) is 1.55. The second kappa shape index (κ2) is 7.88. The maximum Gasteiger partial charge on any atom is 0.433 e. The van der Waals surface area contributed by atoms with Gasteiger partial charge in [0.2, 0.25) is 0 Å². The summed E-state index contributed by atoms with van der Waals surface area (Å²) in [6.45, 7) is 0.257. The van der Waals surface area contributed by atoms with Gasteiger partial charge in [0, 0.05) is 24.7 Å². The Labute approximate surface area is 192 Å². The molecule has 5 rings (SSSR count). The summed E-state index contributed by atoms with van der Waals surface area (Å²) in [5, 5.41) is 3.82. The van der Waals surface area contributed by atoms with E-state index >= 15 is 0 Å². The van der Waals surface area contributed by atoms with E-state index in [4.69, 9.17) is 11.6 Å². The smallest absolute Gasteiger partial charge is 0.336 e. The van der Waals surface area contributed by atoms with Crippen LogP contribution in [0.3, 0.4) is 0 Å². The van der Waals surface area contributed by atoms with Crippen molar-refractivity contribution in [3.05, 3.63) is 87.7 Å². The number of fused-ring (bicyclic) bond motifs is 4. The van der Waals surface area contributed by atoms with Gasteiger partial charge in [-0.2, -0.15) is 18.3 Å². The minimum atomic E-state index is -4.71. The number of halogens is 4. The van der Waals surface area contributed by atoms with Crippen LogP contribution in [0.4, 0.5) is 13.2 Å². The molecular weight excluding hydrogens is 453 g/mol. The molecule has 0 bridgehead atoms. The van der Waals surface area contributed by atoms with Gasteiger partial charge in [-0.15, -0.1) is 0 Å². The van der Waals surface area contributed by atoms with Gasteiger partial charge in [-0.1, -0.05) is 66.2 Å². The van der Waals surface area contributed by atoms with Crippen molar-refractivity contribution in [3.63, 3.8) is 0 Å². The molecule has 1 amide bonds. The van der Waals surface area contributed by atoms with Crippen molar-refractivity contribution in [1.82, 2.24) is 19.5 Å². The van der Waals surface area contributed by atoms with E-state index < -0.39 is 17.8 Å². The highest BCUT2D eigenvalue weighted by molar-refractivity contribution is 6.36. The molecule has 0 radical (unpaired) electrons. The lowest BCUT2D eigenvalue weighted by molar-refractivity contribution is -0.143. The Morgan fingerprint density at radius 3 is 2.52 bits per heavy atom. The zero-order valence-corrected chi connectivity index (χ0v) is 18.3. The van der Waals surface area contributed by atoms with Gasteiger partial charge in [-0.3, -0.25) is 4.79 Å². The Balaban J connectivity index is 1.67. The molecule has 0 N–H and O–H groups in total. The fraction of sp³-hybridized carbons (Fsp3) is 0.208. The number of aryl methyl sites for hydroxylation is 1. The molecule has 2 aromatic heterocycles. The summed E-state index contributed by atoms with van der Waals surface area (Å²) in [6, 6.07) is 16.5. The molecule has 0 saturated carbocycles. The van der Waals surface area contributed by atoms with Crippen LogP contribution in [0.1, 0.15) is 32.9 Å². The molecule has 33 heavy (non-hydrogen) atoms. The Morgan fingerprint density at radius 1 is 1.09 bits per heavy atom. The number of carbonyl (C=O) groups excluding carboxylic acids is 1. The summed E-state index contributed by atoms with van der Waals surface area (Å²) in [6.07, 6.45) is -4.08. The predicted octanol–water partition coefficient (Wildman–Crippen LogP) is 5.44. The fourth-order valence-electron chi connectivity index (χ4n) is 4.28. The van der Waals surface area contributed by atoms with E-state index in [0.717, 1.165) is 11.1 Å². The Morgan fingerprint density at radius 2 is 1.79 bits per heavy atom. The van der Waals surface area contributed by atoms with Crippen LogP contribution in [0.15, 0.2) is 54.6 Å². The van der Waals surface area contributed by atoms with Crippen LogP contribution < -0.4 is 0 Å². The maximum atomic E-state index is 14.2. The molecule has 2 heterocycles. The third kappa shape index (κ3) is 3.64. The Kier molecular flexibility index (Phi) is 5.12. The zero-order valence-electron chi connectivity index (χ0n) is 17.5. The fourth-order valence-corrected chi connectivity index (χ4v) is 4.52. The molecular formula is C24H18ClF3N4O. The van der Waals surface area contributed by atoms with Crippen molar-refractivity contribution in [2.75, 3.05) is 7.05 Å². The number of amides is 1. The molecule has 0 unspecified atom stereocenters. The quantitative estimate of drug-likeness (QED) is 0.400. The Hall–Kier alpha value is -3.39. The van der Waals surface area contributed by atoms with E-state index in [1.165, 1.54) is 4.90 Å². The highest BCUT2D eigenvalue weighted by atomic mass is 35.5. The van der Waals surface area contributed by atoms with Crippen LogP contribution in [-0.4, -0.2) is 32.5 Å². The molecule has 9 heteroatoms. The molecule has 168 valence electrons. The van der Waals surface area contributed by atoms with E-state index in [1.807, 2.05) is 42.5 Å². The van der Waals surface area contributed by atoms with E-state index in [-0.39, 0.29) is 40.6 Å². The molecule has 1 aliphatic carbocycles. The number of alkyl halides is 3. The third-order valence-electron chi connectivity index (χ3n) is 5.80. The second-order valence-corrected chi connectivity index (χ2v) is 8.37. The SMILES string of the molecule is CN(Cc1ccccc1)C(=O)c1nn2c(C(F)(F)F)c3c(nc2c1Cl)-c1ccccc1CC3. The first kappa shape index (κ1) is 21.5. The van der Waals surface area contributed by atoms with Gasteiger partial charge >= 0.3 is 6.18 Å². The maximum absolute atomic E-state index is 14.2. The van der Waals surface area contributed by atoms with Gasteiger partial charge in [-0.25, -0.2) is 9.50 Å². The van der Waals surface area contributed by atoms with Crippen molar-refractivity contribution < 1.29 is 18.0 Å². The molecule has 1 aliphatic rings. The highest BCUT2D eigenvalue weighted by Crippen LogP contribution is 2.41. The predicted molar refractivity (Wildman–Crippen MR) is 118 cm³/mol. The van der Waals surface area contributed by atoms with Crippen molar-refractivity contribution in [2.24, 2.45) is 0 Å². The summed E-state index contributed by atoms with van der Waals surface area (Å²) in [5.74, 6) is -0.583. The average Bonchev–Trinajstić information content (AvgIpc) is 3.12.